The molecule has 4 nitrogen and oxygen atoms in total. The maximum Gasteiger partial charge on any atom is 0.224 e. The molecular formula is C17H29Cl2N3O. The Balaban J connectivity index is 0.00000242. The van der Waals surface area contributed by atoms with Gasteiger partial charge in [-0.3, -0.25) is 9.69 Å². The second-order valence-electron chi connectivity index (χ2n) is 5.92. The van der Waals surface area contributed by atoms with Crippen LogP contribution in [0, 0.1) is 0 Å². The molecule has 1 aliphatic heterocycles. The fourth-order valence-electron chi connectivity index (χ4n) is 3.10. The Hall–Kier alpha value is -0.810. The lowest BCUT2D eigenvalue weighted by molar-refractivity contribution is -0.130. The molecule has 2 unspecified atom stereocenters. The van der Waals surface area contributed by atoms with Crippen LogP contribution in [0.4, 0.5) is 0 Å². The number of hydrogen-bond acceptors (Lipinski definition) is 3. The number of nitrogens with zero attached hydrogens (tertiary/aromatic N) is 2. The largest absolute Gasteiger partial charge is 0.344 e. The SMILES string of the molecule is CCN1CCCC1CN(C)C(=O)CC(N)c1ccccc1.Cl.Cl. The summed E-state index contributed by atoms with van der Waals surface area (Å²) in [5.74, 6) is 0.134. The van der Waals surface area contributed by atoms with E-state index in [0.29, 0.717) is 12.5 Å². The third-order valence-corrected chi connectivity index (χ3v) is 4.44. The first-order valence-corrected chi connectivity index (χ1v) is 7.90. The first-order chi connectivity index (χ1) is 10.1. The highest BCUT2D eigenvalue weighted by Gasteiger charge is 2.26. The number of halogens is 2. The highest BCUT2D eigenvalue weighted by Crippen LogP contribution is 2.19. The van der Waals surface area contributed by atoms with Crippen LogP contribution in [0.15, 0.2) is 30.3 Å². The summed E-state index contributed by atoms with van der Waals surface area (Å²) in [6.07, 6.45) is 2.81. The van der Waals surface area contributed by atoms with Gasteiger partial charge >= 0.3 is 0 Å². The quantitative estimate of drug-likeness (QED) is 0.847. The van der Waals surface area contributed by atoms with Crippen LogP contribution in [0.2, 0.25) is 0 Å². The van der Waals surface area contributed by atoms with Gasteiger partial charge in [0.25, 0.3) is 0 Å². The van der Waals surface area contributed by atoms with Gasteiger partial charge < -0.3 is 10.6 Å². The topological polar surface area (TPSA) is 49.6 Å². The van der Waals surface area contributed by atoms with Crippen molar-refractivity contribution in [3.05, 3.63) is 35.9 Å². The van der Waals surface area contributed by atoms with Crippen molar-refractivity contribution in [2.24, 2.45) is 5.73 Å². The number of likely N-dealkylation sites (tertiary alicyclic amines) is 1. The van der Waals surface area contributed by atoms with Gasteiger partial charge in [0, 0.05) is 32.1 Å². The zero-order chi connectivity index (χ0) is 15.2. The van der Waals surface area contributed by atoms with E-state index in [2.05, 4.69) is 11.8 Å². The summed E-state index contributed by atoms with van der Waals surface area (Å²) in [6.45, 7) is 5.22. The molecule has 1 aliphatic rings. The third-order valence-electron chi connectivity index (χ3n) is 4.44. The third kappa shape index (κ3) is 6.30. The van der Waals surface area contributed by atoms with Crippen LogP contribution in [0.3, 0.4) is 0 Å². The van der Waals surface area contributed by atoms with Gasteiger partial charge in [0.1, 0.15) is 0 Å². The van der Waals surface area contributed by atoms with Gasteiger partial charge in [0.2, 0.25) is 5.91 Å². The van der Waals surface area contributed by atoms with Crippen LogP contribution in [-0.4, -0.2) is 48.4 Å². The maximum atomic E-state index is 12.3. The minimum absolute atomic E-state index is 0. The Morgan fingerprint density at radius 2 is 2.00 bits per heavy atom. The Morgan fingerprint density at radius 1 is 1.35 bits per heavy atom. The molecule has 1 amide bonds. The zero-order valence-corrected chi connectivity index (χ0v) is 15.6. The molecule has 0 spiro atoms. The number of carbonyl (C=O) groups excluding carboxylic acids is 1. The predicted molar refractivity (Wildman–Crippen MR) is 100 cm³/mol. The molecule has 1 aromatic rings. The fraction of sp³-hybridized carbons (Fsp3) is 0.588. The van der Waals surface area contributed by atoms with Crippen molar-refractivity contribution >= 4 is 30.7 Å². The van der Waals surface area contributed by atoms with Gasteiger partial charge in [-0.15, -0.1) is 24.8 Å². The second-order valence-corrected chi connectivity index (χ2v) is 5.92. The van der Waals surface area contributed by atoms with Crippen LogP contribution >= 0.6 is 24.8 Å². The van der Waals surface area contributed by atoms with Crippen LogP contribution in [-0.2, 0) is 4.79 Å². The molecule has 0 bridgehead atoms. The maximum absolute atomic E-state index is 12.3. The molecule has 0 saturated carbocycles. The average Bonchev–Trinajstić information content (AvgIpc) is 2.95. The van der Waals surface area contributed by atoms with Gasteiger partial charge in [-0.05, 0) is 31.5 Å². The van der Waals surface area contributed by atoms with Crippen molar-refractivity contribution < 1.29 is 4.79 Å². The number of carbonyl (C=O) groups is 1. The van der Waals surface area contributed by atoms with Crippen LogP contribution in [0.25, 0.3) is 0 Å². The lowest BCUT2D eigenvalue weighted by Gasteiger charge is -2.28. The Kier molecular flexibility index (Phi) is 10.5. The summed E-state index contributed by atoms with van der Waals surface area (Å²) in [5, 5.41) is 0. The van der Waals surface area contributed by atoms with Crippen LogP contribution < -0.4 is 5.73 Å². The van der Waals surface area contributed by atoms with Crippen molar-refractivity contribution in [2.75, 3.05) is 26.7 Å². The van der Waals surface area contributed by atoms with Gasteiger partial charge in [0.05, 0.1) is 0 Å². The highest BCUT2D eigenvalue weighted by atomic mass is 35.5. The standard InChI is InChI=1S/C17H27N3O.2ClH/c1-3-20-11-7-10-15(20)13-19(2)17(21)12-16(18)14-8-5-4-6-9-14;;/h4-6,8-9,15-16H,3,7,10-13,18H2,1-2H3;2*1H. The Morgan fingerprint density at radius 3 is 2.61 bits per heavy atom. The Labute approximate surface area is 152 Å². The number of likely N-dealkylation sites (N-methyl/N-ethyl adjacent to an activating group) is 2. The Bertz CT molecular complexity index is 458. The van der Waals surface area contributed by atoms with E-state index in [-0.39, 0.29) is 36.8 Å². The summed E-state index contributed by atoms with van der Waals surface area (Å²) in [6, 6.07) is 10.1. The smallest absolute Gasteiger partial charge is 0.224 e. The molecule has 0 aromatic heterocycles. The van der Waals surface area contributed by atoms with E-state index in [1.54, 1.807) is 0 Å². The van der Waals surface area contributed by atoms with E-state index < -0.39 is 0 Å². The molecule has 132 valence electrons. The normalized spacial score (nSPS) is 18.7. The van der Waals surface area contributed by atoms with Crippen LogP contribution in [0.5, 0.6) is 0 Å². The molecule has 2 N–H and O–H groups in total. The van der Waals surface area contributed by atoms with E-state index in [4.69, 9.17) is 5.73 Å². The second kappa shape index (κ2) is 10.9. The van der Waals surface area contributed by atoms with Gasteiger partial charge in [0.15, 0.2) is 0 Å². The molecule has 23 heavy (non-hydrogen) atoms. The van der Waals surface area contributed by atoms with E-state index in [1.807, 2.05) is 42.3 Å². The lowest BCUT2D eigenvalue weighted by Crippen LogP contribution is -2.41. The number of benzene rings is 1. The predicted octanol–water partition coefficient (Wildman–Crippen LogP) is 2.86. The monoisotopic (exact) mass is 361 g/mol. The molecule has 1 aromatic carbocycles. The number of hydrogen-bond donors (Lipinski definition) is 1. The van der Waals surface area contributed by atoms with Crippen molar-refractivity contribution in [2.45, 2.75) is 38.3 Å². The van der Waals surface area contributed by atoms with Gasteiger partial charge in [-0.25, -0.2) is 0 Å². The minimum Gasteiger partial charge on any atom is -0.344 e. The van der Waals surface area contributed by atoms with Crippen molar-refractivity contribution in [1.82, 2.24) is 9.80 Å². The van der Waals surface area contributed by atoms with Crippen molar-refractivity contribution in [1.29, 1.82) is 0 Å². The summed E-state index contributed by atoms with van der Waals surface area (Å²) >= 11 is 0. The van der Waals surface area contributed by atoms with E-state index in [9.17, 15) is 4.79 Å². The summed E-state index contributed by atoms with van der Waals surface area (Å²) in [5.41, 5.74) is 7.16. The number of nitrogens with two attached hydrogens (primary N) is 1. The van der Waals surface area contributed by atoms with E-state index >= 15 is 0 Å². The fourth-order valence-corrected chi connectivity index (χ4v) is 3.10. The van der Waals surface area contributed by atoms with Crippen molar-refractivity contribution in [3.63, 3.8) is 0 Å². The molecule has 1 fully saturated rings. The molecule has 0 aliphatic carbocycles. The average molecular weight is 362 g/mol. The molecule has 1 heterocycles. The van der Waals surface area contributed by atoms with Gasteiger partial charge in [-0.1, -0.05) is 37.3 Å². The summed E-state index contributed by atoms with van der Waals surface area (Å²) in [7, 11) is 1.90. The molecule has 6 heteroatoms. The van der Waals surface area contributed by atoms with E-state index in [0.717, 1.165) is 25.2 Å². The van der Waals surface area contributed by atoms with E-state index in [1.165, 1.54) is 12.8 Å². The minimum atomic E-state index is -0.216. The molecule has 2 rings (SSSR count). The van der Waals surface area contributed by atoms with Crippen LogP contribution in [0.1, 0.15) is 37.8 Å². The first-order valence-electron chi connectivity index (χ1n) is 7.90. The summed E-state index contributed by atoms with van der Waals surface area (Å²) in [4.78, 5) is 16.6. The number of amides is 1. The first kappa shape index (κ1) is 22.2. The van der Waals surface area contributed by atoms with Gasteiger partial charge in [-0.2, -0.15) is 0 Å². The molecule has 2 atom stereocenters. The molecule has 0 radical (unpaired) electrons. The molecule has 1 saturated heterocycles. The molecular weight excluding hydrogens is 333 g/mol. The highest BCUT2D eigenvalue weighted by molar-refractivity contribution is 5.85. The summed E-state index contributed by atoms with van der Waals surface area (Å²) < 4.78 is 0. The number of rotatable bonds is 6. The lowest BCUT2D eigenvalue weighted by atomic mass is 10.0. The van der Waals surface area contributed by atoms with Crippen molar-refractivity contribution in [3.8, 4) is 0 Å². The zero-order valence-electron chi connectivity index (χ0n) is 14.0.